The molecule has 170 valence electrons. The van der Waals surface area contributed by atoms with Crippen molar-refractivity contribution in [2.75, 3.05) is 5.32 Å². The first-order chi connectivity index (χ1) is 16.7. The van der Waals surface area contributed by atoms with Crippen molar-refractivity contribution in [1.82, 2.24) is 4.90 Å². The van der Waals surface area contributed by atoms with Gasteiger partial charge in [0.05, 0.1) is 25.3 Å². The second-order valence-electron chi connectivity index (χ2n) is 7.82. The van der Waals surface area contributed by atoms with Crippen molar-refractivity contribution < 1.29 is 13.9 Å². The Morgan fingerprint density at radius 1 is 0.882 bits per heavy atom. The molecular formula is C28H25N3O3. The summed E-state index contributed by atoms with van der Waals surface area (Å²) in [4.78, 5) is 14.8. The molecule has 0 unspecified atom stereocenters. The Bertz CT molecular complexity index is 1230. The molecule has 0 saturated heterocycles. The number of furan rings is 1. The van der Waals surface area contributed by atoms with E-state index in [1.165, 1.54) is 0 Å². The summed E-state index contributed by atoms with van der Waals surface area (Å²) in [6.45, 7) is 1.18. The van der Waals surface area contributed by atoms with Crippen LogP contribution in [0, 0.1) is 11.3 Å². The fourth-order valence-corrected chi connectivity index (χ4v) is 3.50. The quantitative estimate of drug-likeness (QED) is 0.331. The van der Waals surface area contributed by atoms with Gasteiger partial charge in [-0.2, -0.15) is 5.26 Å². The van der Waals surface area contributed by atoms with Gasteiger partial charge in [-0.05, 0) is 53.1 Å². The summed E-state index contributed by atoms with van der Waals surface area (Å²) in [6, 6.07) is 30.5. The summed E-state index contributed by atoms with van der Waals surface area (Å²) in [5.74, 6) is 1.44. The highest BCUT2D eigenvalue weighted by atomic mass is 16.5. The van der Waals surface area contributed by atoms with Gasteiger partial charge in [0.15, 0.2) is 0 Å². The van der Waals surface area contributed by atoms with Crippen molar-refractivity contribution in [2.24, 2.45) is 0 Å². The monoisotopic (exact) mass is 451 g/mol. The summed E-state index contributed by atoms with van der Waals surface area (Å²) >= 11 is 0. The Balaban J connectivity index is 1.40. The van der Waals surface area contributed by atoms with Gasteiger partial charge in [-0.1, -0.05) is 54.6 Å². The van der Waals surface area contributed by atoms with Crippen LogP contribution in [0.15, 0.2) is 102 Å². The van der Waals surface area contributed by atoms with Gasteiger partial charge in [-0.15, -0.1) is 0 Å². The van der Waals surface area contributed by atoms with Gasteiger partial charge in [0, 0.05) is 12.2 Å². The Kier molecular flexibility index (Phi) is 7.60. The van der Waals surface area contributed by atoms with E-state index in [4.69, 9.17) is 14.4 Å². The van der Waals surface area contributed by atoms with Gasteiger partial charge in [0.2, 0.25) is 0 Å². The first kappa shape index (κ1) is 22.7. The molecule has 0 aliphatic rings. The lowest BCUT2D eigenvalue weighted by atomic mass is 10.1. The van der Waals surface area contributed by atoms with Crippen LogP contribution in [-0.4, -0.2) is 10.9 Å². The van der Waals surface area contributed by atoms with E-state index in [2.05, 4.69) is 11.4 Å². The molecule has 0 bridgehead atoms. The Labute approximate surface area is 199 Å². The Morgan fingerprint density at radius 3 is 2.41 bits per heavy atom. The van der Waals surface area contributed by atoms with Crippen LogP contribution in [0.3, 0.4) is 0 Å². The molecule has 2 amide bonds. The molecule has 1 aromatic heterocycles. The van der Waals surface area contributed by atoms with E-state index >= 15 is 0 Å². The molecule has 4 aromatic rings. The number of benzene rings is 3. The van der Waals surface area contributed by atoms with E-state index < -0.39 is 0 Å². The Morgan fingerprint density at radius 2 is 1.68 bits per heavy atom. The first-order valence-corrected chi connectivity index (χ1v) is 11.0. The van der Waals surface area contributed by atoms with Crippen molar-refractivity contribution in [3.63, 3.8) is 0 Å². The minimum atomic E-state index is -0.216. The molecule has 0 aliphatic carbocycles. The predicted molar refractivity (Wildman–Crippen MR) is 130 cm³/mol. The topological polar surface area (TPSA) is 78.5 Å². The smallest absolute Gasteiger partial charge is 0.322 e. The van der Waals surface area contributed by atoms with Gasteiger partial charge in [-0.3, -0.25) is 0 Å². The summed E-state index contributed by atoms with van der Waals surface area (Å²) < 4.78 is 11.3. The first-order valence-electron chi connectivity index (χ1n) is 11.0. The molecule has 34 heavy (non-hydrogen) atoms. The third-order valence-electron chi connectivity index (χ3n) is 5.22. The molecule has 1 N–H and O–H groups in total. The lowest BCUT2D eigenvalue weighted by molar-refractivity contribution is 0.201. The van der Waals surface area contributed by atoms with Gasteiger partial charge in [-0.25, -0.2) is 4.79 Å². The van der Waals surface area contributed by atoms with Crippen molar-refractivity contribution in [1.29, 1.82) is 5.26 Å². The molecule has 6 nitrogen and oxygen atoms in total. The third-order valence-corrected chi connectivity index (χ3v) is 5.22. The van der Waals surface area contributed by atoms with E-state index in [1.807, 2.05) is 91.0 Å². The molecule has 1 heterocycles. The maximum atomic E-state index is 13.1. The lowest BCUT2D eigenvalue weighted by Gasteiger charge is -2.22. The molecule has 0 spiro atoms. The Hall–Kier alpha value is -4.50. The van der Waals surface area contributed by atoms with E-state index in [0.717, 1.165) is 22.4 Å². The standard InChI is InChI=1S/C28H25N3O3/c29-16-15-22-11-13-26(14-12-22)34-21-24-8-4-9-25(18-24)30-28(32)31(20-27-10-5-17-33-27)19-23-6-2-1-3-7-23/h1-14,17-18H,15,19-21H2,(H,30,32). The summed E-state index contributed by atoms with van der Waals surface area (Å²) in [5, 5.41) is 11.8. The lowest BCUT2D eigenvalue weighted by Crippen LogP contribution is -2.34. The SMILES string of the molecule is N#CCc1ccc(OCc2cccc(NC(=O)N(Cc3ccccc3)Cc3ccco3)c2)cc1. The number of carbonyl (C=O) groups is 1. The van der Waals surface area contributed by atoms with Crippen LogP contribution >= 0.6 is 0 Å². The summed E-state index contributed by atoms with van der Waals surface area (Å²) in [5.41, 5.74) is 3.61. The number of nitrogens with zero attached hydrogens (tertiary/aromatic N) is 2. The van der Waals surface area contributed by atoms with E-state index in [9.17, 15) is 4.79 Å². The molecule has 4 rings (SSSR count). The van der Waals surface area contributed by atoms with Gasteiger partial charge < -0.3 is 19.4 Å². The number of ether oxygens (including phenoxy) is 1. The van der Waals surface area contributed by atoms with Crippen LogP contribution in [0.1, 0.15) is 22.5 Å². The second-order valence-corrected chi connectivity index (χ2v) is 7.82. The highest BCUT2D eigenvalue weighted by Gasteiger charge is 2.16. The van der Waals surface area contributed by atoms with Gasteiger partial charge >= 0.3 is 6.03 Å². The number of anilines is 1. The minimum absolute atomic E-state index is 0.216. The van der Waals surface area contributed by atoms with Crippen LogP contribution < -0.4 is 10.1 Å². The van der Waals surface area contributed by atoms with Crippen LogP contribution in [0.25, 0.3) is 0 Å². The maximum Gasteiger partial charge on any atom is 0.322 e. The van der Waals surface area contributed by atoms with Crippen LogP contribution in [0.4, 0.5) is 10.5 Å². The number of hydrogen-bond donors (Lipinski definition) is 1. The normalized spacial score (nSPS) is 10.3. The molecule has 0 fully saturated rings. The average Bonchev–Trinajstić information content (AvgIpc) is 3.38. The molecule has 0 saturated carbocycles. The van der Waals surface area contributed by atoms with Gasteiger partial charge in [0.1, 0.15) is 18.1 Å². The summed E-state index contributed by atoms with van der Waals surface area (Å²) in [6.07, 6.45) is 1.98. The molecule has 0 atom stereocenters. The maximum absolute atomic E-state index is 13.1. The average molecular weight is 452 g/mol. The number of nitrogens with one attached hydrogen (secondary N) is 1. The zero-order valence-corrected chi connectivity index (χ0v) is 18.7. The highest BCUT2D eigenvalue weighted by Crippen LogP contribution is 2.18. The summed E-state index contributed by atoms with van der Waals surface area (Å²) in [7, 11) is 0. The van der Waals surface area contributed by atoms with Crippen LogP contribution in [-0.2, 0) is 26.1 Å². The second kappa shape index (κ2) is 11.4. The zero-order valence-electron chi connectivity index (χ0n) is 18.7. The number of rotatable bonds is 9. The predicted octanol–water partition coefficient (Wildman–Crippen LogP) is 6.16. The van der Waals surface area contributed by atoms with Crippen LogP contribution in [0.5, 0.6) is 5.75 Å². The largest absolute Gasteiger partial charge is 0.489 e. The molecule has 3 aromatic carbocycles. The number of carbonyl (C=O) groups excluding carboxylic acids is 1. The molecule has 6 heteroatoms. The highest BCUT2D eigenvalue weighted by molar-refractivity contribution is 5.89. The molecular weight excluding hydrogens is 426 g/mol. The van der Waals surface area contributed by atoms with Crippen molar-refractivity contribution in [3.8, 4) is 11.8 Å². The number of urea groups is 1. The fraction of sp³-hybridized carbons (Fsp3) is 0.143. The van der Waals surface area contributed by atoms with E-state index in [-0.39, 0.29) is 6.03 Å². The minimum Gasteiger partial charge on any atom is -0.489 e. The van der Waals surface area contributed by atoms with Crippen molar-refractivity contribution >= 4 is 11.7 Å². The van der Waals surface area contributed by atoms with Crippen LogP contribution in [0.2, 0.25) is 0 Å². The van der Waals surface area contributed by atoms with Crippen molar-refractivity contribution in [3.05, 3.63) is 120 Å². The zero-order chi connectivity index (χ0) is 23.6. The fourth-order valence-electron chi connectivity index (χ4n) is 3.50. The third kappa shape index (κ3) is 6.50. The van der Waals surface area contributed by atoms with E-state index in [0.29, 0.717) is 37.6 Å². The van der Waals surface area contributed by atoms with Crippen molar-refractivity contribution in [2.45, 2.75) is 26.1 Å². The number of amides is 2. The number of hydrogen-bond acceptors (Lipinski definition) is 4. The molecule has 0 aliphatic heterocycles. The van der Waals surface area contributed by atoms with E-state index in [1.54, 1.807) is 11.2 Å². The van der Waals surface area contributed by atoms with Gasteiger partial charge in [0.25, 0.3) is 0 Å². The molecule has 0 radical (unpaired) electrons. The number of nitriles is 1.